The molecule has 0 aliphatic carbocycles. The summed E-state index contributed by atoms with van der Waals surface area (Å²) in [6, 6.07) is 10.1. The maximum absolute atomic E-state index is 9.27. The van der Waals surface area contributed by atoms with Crippen LogP contribution in [-0.2, 0) is 7.05 Å². The van der Waals surface area contributed by atoms with Crippen LogP contribution >= 0.6 is 0 Å². The number of hydrogen-bond acceptors (Lipinski definition) is 5. The quantitative estimate of drug-likeness (QED) is 0.755. The van der Waals surface area contributed by atoms with Crippen LogP contribution in [0.25, 0.3) is 22.3 Å². The van der Waals surface area contributed by atoms with Crippen LogP contribution in [0.5, 0.6) is 5.75 Å². The van der Waals surface area contributed by atoms with Gasteiger partial charge in [-0.2, -0.15) is 5.26 Å². The van der Waals surface area contributed by atoms with Crippen LogP contribution < -0.4 is 10.1 Å². The van der Waals surface area contributed by atoms with Crippen LogP contribution in [0.1, 0.15) is 24.2 Å². The molecule has 1 N–H and O–H groups in total. The molecule has 27 heavy (non-hydrogen) atoms. The predicted molar refractivity (Wildman–Crippen MR) is 104 cm³/mol. The second kappa shape index (κ2) is 7.37. The molecule has 1 saturated heterocycles. The highest BCUT2D eigenvalue weighted by atomic mass is 16.5. The van der Waals surface area contributed by atoms with E-state index < -0.39 is 0 Å². The van der Waals surface area contributed by atoms with Gasteiger partial charge in [0.05, 0.1) is 12.3 Å². The average molecular weight is 361 g/mol. The Morgan fingerprint density at radius 2 is 2.22 bits per heavy atom. The summed E-state index contributed by atoms with van der Waals surface area (Å²) in [4.78, 5) is 8.77. The summed E-state index contributed by atoms with van der Waals surface area (Å²) in [6.45, 7) is 5.01. The van der Waals surface area contributed by atoms with Crippen LogP contribution in [0.4, 0.5) is 0 Å². The van der Waals surface area contributed by atoms with Crippen LogP contribution in [-0.4, -0.2) is 34.2 Å². The van der Waals surface area contributed by atoms with E-state index in [4.69, 9.17) is 4.74 Å². The number of hydrogen-bond donors (Lipinski definition) is 1. The number of aryl methyl sites for hydroxylation is 2. The normalized spacial score (nSPS) is 16.6. The Bertz CT molecular complexity index is 1010. The van der Waals surface area contributed by atoms with E-state index in [1.165, 1.54) is 6.42 Å². The lowest BCUT2D eigenvalue weighted by Gasteiger charge is -2.13. The fraction of sp³-hybridized carbons (Fsp3) is 0.381. The lowest BCUT2D eigenvalue weighted by atomic mass is 10.0. The first-order chi connectivity index (χ1) is 13.2. The SMILES string of the molecule is Cc1cc(-c2nc(C#N)nc3c2ccn3C)ccc1OCCC1CCNC1. The van der Waals surface area contributed by atoms with E-state index in [9.17, 15) is 5.26 Å². The maximum Gasteiger partial charge on any atom is 0.234 e. The third-order valence-corrected chi connectivity index (χ3v) is 5.22. The van der Waals surface area contributed by atoms with Crippen molar-refractivity contribution in [2.24, 2.45) is 13.0 Å². The average Bonchev–Trinajstić information content (AvgIpc) is 3.32. The molecule has 4 rings (SSSR count). The molecule has 0 radical (unpaired) electrons. The van der Waals surface area contributed by atoms with E-state index in [2.05, 4.69) is 27.4 Å². The van der Waals surface area contributed by atoms with Crippen molar-refractivity contribution in [3.05, 3.63) is 41.9 Å². The van der Waals surface area contributed by atoms with E-state index in [1.54, 1.807) is 0 Å². The van der Waals surface area contributed by atoms with Crippen LogP contribution in [0, 0.1) is 24.2 Å². The molecule has 6 nitrogen and oxygen atoms in total. The molecule has 1 aliphatic rings. The summed E-state index contributed by atoms with van der Waals surface area (Å²) in [5, 5.41) is 13.6. The minimum absolute atomic E-state index is 0.183. The zero-order valence-corrected chi connectivity index (χ0v) is 15.7. The summed E-state index contributed by atoms with van der Waals surface area (Å²) in [6.07, 6.45) is 4.26. The Labute approximate surface area is 158 Å². The predicted octanol–water partition coefficient (Wildman–Crippen LogP) is 3.19. The summed E-state index contributed by atoms with van der Waals surface area (Å²) < 4.78 is 7.92. The molecule has 0 amide bonds. The van der Waals surface area contributed by atoms with Gasteiger partial charge in [0.15, 0.2) is 0 Å². The van der Waals surface area contributed by atoms with Gasteiger partial charge >= 0.3 is 0 Å². The highest BCUT2D eigenvalue weighted by molar-refractivity contribution is 5.91. The van der Waals surface area contributed by atoms with Crippen molar-refractivity contribution < 1.29 is 4.74 Å². The Morgan fingerprint density at radius 3 is 2.96 bits per heavy atom. The van der Waals surface area contributed by atoms with Crippen molar-refractivity contribution >= 4 is 11.0 Å². The first-order valence-corrected chi connectivity index (χ1v) is 9.33. The summed E-state index contributed by atoms with van der Waals surface area (Å²) in [5.41, 5.74) is 3.58. The standard InChI is InChI=1S/C21H23N5O/c1-14-11-16(3-4-18(14)27-10-7-15-5-8-23-13-15)20-17-6-9-26(2)21(17)25-19(12-22)24-20/h3-4,6,9,11,15,23H,5,7-8,10,13H2,1-2H3. The van der Waals surface area contributed by atoms with Gasteiger partial charge < -0.3 is 14.6 Å². The molecule has 0 spiro atoms. The van der Waals surface area contributed by atoms with Gasteiger partial charge in [0.1, 0.15) is 17.5 Å². The fourth-order valence-electron chi connectivity index (χ4n) is 3.66. The molecule has 1 atom stereocenters. The lowest BCUT2D eigenvalue weighted by Crippen LogP contribution is -2.11. The molecule has 3 aromatic rings. The van der Waals surface area contributed by atoms with E-state index in [0.717, 1.165) is 65.6 Å². The smallest absolute Gasteiger partial charge is 0.234 e. The summed E-state index contributed by atoms with van der Waals surface area (Å²) >= 11 is 0. The van der Waals surface area contributed by atoms with Crippen LogP contribution in [0.3, 0.4) is 0 Å². The minimum atomic E-state index is 0.183. The second-order valence-corrected chi connectivity index (χ2v) is 7.15. The third-order valence-electron chi connectivity index (χ3n) is 5.22. The van der Waals surface area contributed by atoms with Crippen molar-refractivity contribution in [1.82, 2.24) is 19.9 Å². The van der Waals surface area contributed by atoms with E-state index >= 15 is 0 Å². The van der Waals surface area contributed by atoms with Gasteiger partial charge in [-0.05, 0) is 68.6 Å². The summed E-state index contributed by atoms with van der Waals surface area (Å²) in [5.74, 6) is 1.81. The van der Waals surface area contributed by atoms with Crippen molar-refractivity contribution in [3.8, 4) is 23.1 Å². The Morgan fingerprint density at radius 1 is 1.33 bits per heavy atom. The van der Waals surface area contributed by atoms with Gasteiger partial charge in [-0.1, -0.05) is 0 Å². The highest BCUT2D eigenvalue weighted by Gasteiger charge is 2.15. The molecule has 1 aromatic carbocycles. The van der Waals surface area contributed by atoms with E-state index in [1.807, 2.05) is 42.9 Å². The van der Waals surface area contributed by atoms with Gasteiger partial charge in [0.25, 0.3) is 0 Å². The third kappa shape index (κ3) is 3.51. The molecule has 0 saturated carbocycles. The number of rotatable bonds is 5. The first kappa shape index (κ1) is 17.5. The van der Waals surface area contributed by atoms with Gasteiger partial charge in [0, 0.05) is 24.2 Å². The van der Waals surface area contributed by atoms with Crippen molar-refractivity contribution in [2.45, 2.75) is 19.8 Å². The number of aromatic nitrogens is 3. The van der Waals surface area contributed by atoms with Crippen molar-refractivity contribution in [1.29, 1.82) is 5.26 Å². The number of fused-ring (bicyclic) bond motifs is 1. The molecule has 2 aromatic heterocycles. The second-order valence-electron chi connectivity index (χ2n) is 7.15. The van der Waals surface area contributed by atoms with Gasteiger partial charge in [-0.3, -0.25) is 0 Å². The molecule has 1 fully saturated rings. The van der Waals surface area contributed by atoms with Gasteiger partial charge in [0.2, 0.25) is 5.82 Å². The van der Waals surface area contributed by atoms with Crippen molar-refractivity contribution in [2.75, 3.05) is 19.7 Å². The number of benzene rings is 1. The van der Waals surface area contributed by atoms with Gasteiger partial charge in [-0.15, -0.1) is 0 Å². The number of nitrogens with zero attached hydrogens (tertiary/aromatic N) is 4. The zero-order chi connectivity index (χ0) is 18.8. The molecule has 0 bridgehead atoms. The van der Waals surface area contributed by atoms with Crippen LogP contribution in [0.2, 0.25) is 0 Å². The van der Waals surface area contributed by atoms with E-state index in [0.29, 0.717) is 0 Å². The zero-order valence-electron chi connectivity index (χ0n) is 15.7. The maximum atomic E-state index is 9.27. The van der Waals surface area contributed by atoms with E-state index in [-0.39, 0.29) is 5.82 Å². The van der Waals surface area contributed by atoms with Gasteiger partial charge in [-0.25, -0.2) is 9.97 Å². The molecule has 1 aliphatic heterocycles. The fourth-order valence-corrected chi connectivity index (χ4v) is 3.66. The monoisotopic (exact) mass is 361 g/mol. The molecule has 1 unspecified atom stereocenters. The summed E-state index contributed by atoms with van der Waals surface area (Å²) in [7, 11) is 1.92. The molecular weight excluding hydrogens is 338 g/mol. The highest BCUT2D eigenvalue weighted by Crippen LogP contribution is 2.30. The topological polar surface area (TPSA) is 75.8 Å². The number of nitriles is 1. The Kier molecular flexibility index (Phi) is 4.78. The largest absolute Gasteiger partial charge is 0.493 e. The Hall–Kier alpha value is -2.91. The van der Waals surface area contributed by atoms with Crippen molar-refractivity contribution in [3.63, 3.8) is 0 Å². The van der Waals surface area contributed by atoms with Crippen LogP contribution in [0.15, 0.2) is 30.5 Å². The minimum Gasteiger partial charge on any atom is -0.493 e. The molecule has 3 heterocycles. The molecule has 6 heteroatoms. The Balaban J connectivity index is 1.59. The number of nitrogens with one attached hydrogen (secondary N) is 1. The molecule has 138 valence electrons. The molecular formula is C21H23N5O. The number of ether oxygens (including phenoxy) is 1. The lowest BCUT2D eigenvalue weighted by molar-refractivity contribution is 0.282. The first-order valence-electron chi connectivity index (χ1n) is 9.33.